The number of carbonyl (C=O) groups is 2. The normalized spacial score (nSPS) is 14.8. The van der Waals surface area contributed by atoms with Gasteiger partial charge in [-0.15, -0.1) is 11.3 Å². The third-order valence-electron chi connectivity index (χ3n) is 5.20. The maximum absolute atomic E-state index is 14.5. The minimum absolute atomic E-state index is 0.213. The van der Waals surface area contributed by atoms with E-state index >= 15 is 0 Å². The Bertz CT molecular complexity index is 1180. The van der Waals surface area contributed by atoms with Crippen LogP contribution in [0.2, 0.25) is 0 Å². The van der Waals surface area contributed by atoms with Crippen LogP contribution in [0.1, 0.15) is 45.0 Å². The molecule has 0 radical (unpaired) electrons. The topological polar surface area (TPSA) is 83.1 Å². The molecule has 0 bridgehead atoms. The molecule has 0 fully saturated rings. The smallest absolute Gasteiger partial charge is 0.261 e. The standard InChI is InChI=1S/C23H22FIN4O2S/c1-23(2)10-15-18(20(30)27-11-13-5-7-26-8-6-13)22(32-19(15)21(31)28-12-23)29-17-4-3-14(25)9-16(17)24/h3-9,29H,10-12H2,1-2H3,(H,27,30)(H,28,31). The largest absolute Gasteiger partial charge is 0.351 e. The zero-order valence-electron chi connectivity index (χ0n) is 17.6. The van der Waals surface area contributed by atoms with E-state index in [1.54, 1.807) is 24.5 Å². The summed E-state index contributed by atoms with van der Waals surface area (Å²) >= 11 is 3.22. The van der Waals surface area contributed by atoms with Crippen LogP contribution in [-0.4, -0.2) is 23.3 Å². The Kier molecular flexibility index (Phi) is 6.47. The number of amides is 2. The van der Waals surface area contributed by atoms with Crippen LogP contribution in [0.4, 0.5) is 15.1 Å². The van der Waals surface area contributed by atoms with Crippen LogP contribution in [0.5, 0.6) is 0 Å². The Hall–Kier alpha value is -2.53. The quantitative estimate of drug-likeness (QED) is 0.387. The Balaban J connectivity index is 1.74. The van der Waals surface area contributed by atoms with Crippen LogP contribution in [0.25, 0.3) is 0 Å². The lowest BCUT2D eigenvalue weighted by atomic mass is 9.85. The number of hydrogen-bond acceptors (Lipinski definition) is 5. The van der Waals surface area contributed by atoms with Crippen LogP contribution in [0.15, 0.2) is 42.7 Å². The van der Waals surface area contributed by atoms with Crippen molar-refractivity contribution < 1.29 is 14.0 Å². The molecule has 9 heteroatoms. The lowest BCUT2D eigenvalue weighted by Crippen LogP contribution is -2.31. The van der Waals surface area contributed by atoms with Crippen LogP contribution in [-0.2, 0) is 13.0 Å². The van der Waals surface area contributed by atoms with E-state index in [1.807, 2.05) is 48.6 Å². The van der Waals surface area contributed by atoms with E-state index in [1.165, 1.54) is 17.4 Å². The van der Waals surface area contributed by atoms with Crippen molar-refractivity contribution in [1.29, 1.82) is 0 Å². The minimum atomic E-state index is -0.423. The average Bonchev–Trinajstić information content (AvgIpc) is 3.05. The number of nitrogens with one attached hydrogen (secondary N) is 3. The number of nitrogens with zero attached hydrogens (tertiary/aromatic N) is 1. The summed E-state index contributed by atoms with van der Waals surface area (Å²) in [4.78, 5) is 30.6. The van der Waals surface area contributed by atoms with Crippen molar-refractivity contribution in [3.8, 4) is 0 Å². The van der Waals surface area contributed by atoms with Gasteiger partial charge in [-0.2, -0.15) is 0 Å². The van der Waals surface area contributed by atoms with Crippen molar-refractivity contribution in [3.63, 3.8) is 0 Å². The van der Waals surface area contributed by atoms with E-state index in [9.17, 15) is 14.0 Å². The number of aromatic nitrogens is 1. The van der Waals surface area contributed by atoms with Gasteiger partial charge in [-0.05, 0) is 75.9 Å². The molecule has 0 spiro atoms. The fourth-order valence-corrected chi connectivity index (χ4v) is 5.17. The molecule has 0 atom stereocenters. The zero-order valence-corrected chi connectivity index (χ0v) is 20.6. The molecule has 0 aliphatic carbocycles. The van der Waals surface area contributed by atoms with E-state index in [4.69, 9.17) is 0 Å². The van der Waals surface area contributed by atoms with Gasteiger partial charge in [0.05, 0.1) is 16.1 Å². The van der Waals surface area contributed by atoms with Crippen LogP contribution >= 0.6 is 33.9 Å². The summed E-state index contributed by atoms with van der Waals surface area (Å²) in [6, 6.07) is 8.48. The molecule has 3 heterocycles. The monoisotopic (exact) mass is 564 g/mol. The van der Waals surface area contributed by atoms with Crippen LogP contribution in [0, 0.1) is 14.8 Å². The van der Waals surface area contributed by atoms with Gasteiger partial charge >= 0.3 is 0 Å². The van der Waals surface area contributed by atoms with Crippen molar-refractivity contribution in [3.05, 3.63) is 73.7 Å². The van der Waals surface area contributed by atoms with Gasteiger partial charge in [0.15, 0.2) is 0 Å². The second kappa shape index (κ2) is 9.14. The molecule has 1 aromatic carbocycles. The molecule has 1 aliphatic rings. The Morgan fingerprint density at radius 3 is 2.75 bits per heavy atom. The number of anilines is 2. The van der Waals surface area contributed by atoms with Crippen molar-refractivity contribution in [2.24, 2.45) is 5.41 Å². The van der Waals surface area contributed by atoms with Crippen molar-refractivity contribution in [2.75, 3.05) is 11.9 Å². The molecule has 4 rings (SSSR count). The van der Waals surface area contributed by atoms with Crippen molar-refractivity contribution in [2.45, 2.75) is 26.8 Å². The summed E-state index contributed by atoms with van der Waals surface area (Å²) in [6.07, 6.45) is 3.88. The highest BCUT2D eigenvalue weighted by atomic mass is 127. The number of rotatable bonds is 5. The van der Waals surface area contributed by atoms with Crippen LogP contribution < -0.4 is 16.0 Å². The lowest BCUT2D eigenvalue weighted by molar-refractivity contribution is 0.0944. The summed E-state index contributed by atoms with van der Waals surface area (Å²) in [7, 11) is 0. The first-order valence-electron chi connectivity index (χ1n) is 10.1. The number of halogens is 2. The molecule has 2 aromatic heterocycles. The summed E-state index contributed by atoms with van der Waals surface area (Å²) < 4.78 is 15.3. The van der Waals surface area contributed by atoms with Gasteiger partial charge in [0.1, 0.15) is 10.8 Å². The Morgan fingerprint density at radius 2 is 2.03 bits per heavy atom. The minimum Gasteiger partial charge on any atom is -0.351 e. The molecule has 166 valence electrons. The molecule has 32 heavy (non-hydrogen) atoms. The number of hydrogen-bond donors (Lipinski definition) is 3. The van der Waals surface area contributed by atoms with Gasteiger partial charge in [0, 0.05) is 29.1 Å². The number of thiophene rings is 1. The van der Waals surface area contributed by atoms with E-state index < -0.39 is 5.82 Å². The molecular weight excluding hydrogens is 542 g/mol. The van der Waals surface area contributed by atoms with Gasteiger partial charge < -0.3 is 16.0 Å². The van der Waals surface area contributed by atoms with E-state index in [0.29, 0.717) is 40.5 Å². The second-order valence-corrected chi connectivity index (χ2v) is 10.7. The Morgan fingerprint density at radius 1 is 1.28 bits per heavy atom. The maximum Gasteiger partial charge on any atom is 0.261 e. The molecule has 0 saturated heterocycles. The number of benzene rings is 1. The van der Waals surface area contributed by atoms with Gasteiger partial charge in [0.2, 0.25) is 0 Å². The number of pyridine rings is 1. The van der Waals surface area contributed by atoms with Crippen molar-refractivity contribution >= 4 is 56.4 Å². The molecule has 0 saturated carbocycles. The summed E-state index contributed by atoms with van der Waals surface area (Å²) in [5.74, 6) is -0.943. The van der Waals surface area contributed by atoms with Gasteiger partial charge in [0.25, 0.3) is 11.8 Å². The first-order valence-corrected chi connectivity index (χ1v) is 12.0. The summed E-state index contributed by atoms with van der Waals surface area (Å²) in [5.41, 5.74) is 2.02. The molecular formula is C23H22FIN4O2S. The van der Waals surface area contributed by atoms with E-state index in [0.717, 1.165) is 9.13 Å². The maximum atomic E-state index is 14.5. The SMILES string of the molecule is CC1(C)CNC(=O)c2sc(Nc3ccc(I)cc3F)c(C(=O)NCc3ccncc3)c2C1. The second-order valence-electron chi connectivity index (χ2n) is 8.42. The first-order chi connectivity index (χ1) is 15.2. The Labute approximate surface area is 203 Å². The highest BCUT2D eigenvalue weighted by molar-refractivity contribution is 14.1. The van der Waals surface area contributed by atoms with Gasteiger partial charge in [-0.25, -0.2) is 4.39 Å². The molecule has 2 amide bonds. The average molecular weight is 564 g/mol. The third kappa shape index (κ3) is 4.93. The fraction of sp³-hybridized carbons (Fsp3) is 0.261. The van der Waals surface area contributed by atoms with Gasteiger partial charge in [-0.1, -0.05) is 13.8 Å². The molecule has 0 unspecified atom stereocenters. The van der Waals surface area contributed by atoms with E-state index in [-0.39, 0.29) is 22.9 Å². The number of carbonyl (C=O) groups excluding carboxylic acids is 2. The lowest BCUT2D eigenvalue weighted by Gasteiger charge is -2.22. The van der Waals surface area contributed by atoms with Gasteiger partial charge in [-0.3, -0.25) is 14.6 Å². The summed E-state index contributed by atoms with van der Waals surface area (Å²) in [5, 5.41) is 9.39. The zero-order chi connectivity index (χ0) is 22.9. The number of fused-ring (bicyclic) bond motifs is 1. The van der Waals surface area contributed by atoms with Crippen molar-refractivity contribution in [1.82, 2.24) is 15.6 Å². The van der Waals surface area contributed by atoms with E-state index in [2.05, 4.69) is 20.9 Å². The summed E-state index contributed by atoms with van der Waals surface area (Å²) in [6.45, 7) is 4.92. The molecule has 6 nitrogen and oxygen atoms in total. The highest BCUT2D eigenvalue weighted by Gasteiger charge is 2.34. The fourth-order valence-electron chi connectivity index (χ4n) is 3.57. The molecule has 1 aliphatic heterocycles. The predicted molar refractivity (Wildman–Crippen MR) is 132 cm³/mol. The third-order valence-corrected chi connectivity index (χ3v) is 7.02. The van der Waals surface area contributed by atoms with Crippen LogP contribution in [0.3, 0.4) is 0 Å². The molecule has 3 N–H and O–H groups in total. The predicted octanol–water partition coefficient (Wildman–Crippen LogP) is 4.87. The molecule has 3 aromatic rings. The highest BCUT2D eigenvalue weighted by Crippen LogP contribution is 2.40. The first kappa shape index (κ1) is 22.7.